The van der Waals surface area contributed by atoms with Gasteiger partial charge in [0.2, 0.25) is 5.91 Å². The zero-order valence-corrected chi connectivity index (χ0v) is 11.3. The molecular formula is C11H14BrClN2O. The summed E-state index contributed by atoms with van der Waals surface area (Å²) in [5.74, 6) is 0.101. The highest BCUT2D eigenvalue weighted by Crippen LogP contribution is 2.25. The fourth-order valence-corrected chi connectivity index (χ4v) is 1.72. The number of halogens is 2. The monoisotopic (exact) mass is 304 g/mol. The number of nitrogens with two attached hydrogens (primary N) is 1. The van der Waals surface area contributed by atoms with Crippen molar-refractivity contribution in [2.75, 3.05) is 11.9 Å². The topological polar surface area (TPSA) is 55.1 Å². The molecule has 0 bridgehead atoms. The third-order valence-corrected chi connectivity index (χ3v) is 2.96. The van der Waals surface area contributed by atoms with E-state index in [9.17, 15) is 4.79 Å². The molecule has 0 aliphatic rings. The van der Waals surface area contributed by atoms with E-state index >= 15 is 0 Å². The van der Waals surface area contributed by atoms with Crippen LogP contribution in [0.1, 0.15) is 13.3 Å². The minimum atomic E-state index is -0.0713. The average molecular weight is 306 g/mol. The molecule has 0 aliphatic heterocycles. The lowest BCUT2D eigenvalue weighted by molar-refractivity contribution is -0.116. The van der Waals surface area contributed by atoms with Gasteiger partial charge in [0.1, 0.15) is 0 Å². The van der Waals surface area contributed by atoms with Crippen molar-refractivity contribution in [1.82, 2.24) is 0 Å². The van der Waals surface area contributed by atoms with Gasteiger partial charge in [-0.3, -0.25) is 4.79 Å². The van der Waals surface area contributed by atoms with E-state index in [-0.39, 0.29) is 11.8 Å². The van der Waals surface area contributed by atoms with Gasteiger partial charge in [0.15, 0.2) is 0 Å². The number of nitrogens with one attached hydrogen (secondary N) is 1. The first-order chi connectivity index (χ1) is 7.52. The SMILES string of the molecule is CC(CN)CC(=O)Nc1cc(Br)ccc1Cl. The maximum atomic E-state index is 11.6. The zero-order valence-electron chi connectivity index (χ0n) is 8.97. The Bertz CT molecular complexity index is 384. The van der Waals surface area contributed by atoms with E-state index < -0.39 is 0 Å². The van der Waals surface area contributed by atoms with Crippen LogP contribution in [0.5, 0.6) is 0 Å². The van der Waals surface area contributed by atoms with Gasteiger partial charge in [-0.2, -0.15) is 0 Å². The van der Waals surface area contributed by atoms with E-state index in [1.165, 1.54) is 0 Å². The first kappa shape index (κ1) is 13.5. The normalized spacial score (nSPS) is 12.2. The molecule has 5 heteroatoms. The van der Waals surface area contributed by atoms with Crippen LogP contribution in [-0.2, 0) is 4.79 Å². The van der Waals surface area contributed by atoms with Gasteiger partial charge >= 0.3 is 0 Å². The number of carbonyl (C=O) groups is 1. The molecular weight excluding hydrogens is 291 g/mol. The van der Waals surface area contributed by atoms with Gasteiger partial charge in [0.05, 0.1) is 10.7 Å². The summed E-state index contributed by atoms with van der Waals surface area (Å²) in [5.41, 5.74) is 6.07. The maximum absolute atomic E-state index is 11.6. The van der Waals surface area contributed by atoms with E-state index in [0.29, 0.717) is 23.7 Å². The largest absolute Gasteiger partial charge is 0.330 e. The Kier molecular flexibility index (Phi) is 5.25. The quantitative estimate of drug-likeness (QED) is 0.898. The lowest BCUT2D eigenvalue weighted by Crippen LogP contribution is -2.20. The van der Waals surface area contributed by atoms with Crippen LogP contribution in [0.25, 0.3) is 0 Å². The molecule has 0 aromatic heterocycles. The summed E-state index contributed by atoms with van der Waals surface area (Å²) in [6.07, 6.45) is 0.402. The molecule has 0 saturated carbocycles. The average Bonchev–Trinajstić information content (AvgIpc) is 2.23. The van der Waals surface area contributed by atoms with E-state index in [1.807, 2.05) is 13.0 Å². The van der Waals surface area contributed by atoms with Gasteiger partial charge in [0.25, 0.3) is 0 Å². The number of amides is 1. The fraction of sp³-hybridized carbons (Fsp3) is 0.364. The van der Waals surface area contributed by atoms with Gasteiger partial charge in [-0.25, -0.2) is 0 Å². The molecule has 88 valence electrons. The van der Waals surface area contributed by atoms with E-state index in [2.05, 4.69) is 21.2 Å². The van der Waals surface area contributed by atoms with Crippen LogP contribution in [0.2, 0.25) is 5.02 Å². The fourth-order valence-electron chi connectivity index (χ4n) is 1.19. The smallest absolute Gasteiger partial charge is 0.224 e. The van der Waals surface area contributed by atoms with Crippen LogP contribution in [-0.4, -0.2) is 12.5 Å². The third-order valence-electron chi connectivity index (χ3n) is 2.14. The third kappa shape index (κ3) is 4.12. The first-order valence-electron chi connectivity index (χ1n) is 4.98. The number of benzene rings is 1. The summed E-state index contributed by atoms with van der Waals surface area (Å²) in [5, 5.41) is 3.28. The molecule has 1 atom stereocenters. The predicted molar refractivity (Wildman–Crippen MR) is 70.6 cm³/mol. The molecule has 0 spiro atoms. The summed E-state index contributed by atoms with van der Waals surface area (Å²) in [4.78, 5) is 11.6. The number of rotatable bonds is 4. The summed E-state index contributed by atoms with van der Waals surface area (Å²) in [7, 11) is 0. The summed E-state index contributed by atoms with van der Waals surface area (Å²) < 4.78 is 0.874. The predicted octanol–water partition coefficient (Wildman–Crippen LogP) is 3.03. The summed E-state index contributed by atoms with van der Waals surface area (Å²) in [6.45, 7) is 2.43. The van der Waals surface area contributed by atoms with Crippen LogP contribution in [0.4, 0.5) is 5.69 Å². The van der Waals surface area contributed by atoms with Crippen molar-refractivity contribution < 1.29 is 4.79 Å². The molecule has 3 N–H and O–H groups in total. The Morgan fingerprint density at radius 1 is 1.62 bits per heavy atom. The maximum Gasteiger partial charge on any atom is 0.224 e. The van der Waals surface area contributed by atoms with E-state index in [1.54, 1.807) is 12.1 Å². The number of carbonyl (C=O) groups excluding carboxylic acids is 1. The van der Waals surface area contributed by atoms with E-state index in [0.717, 1.165) is 4.47 Å². The van der Waals surface area contributed by atoms with Crippen molar-refractivity contribution in [2.24, 2.45) is 11.7 Å². The molecule has 0 fully saturated rings. The van der Waals surface area contributed by atoms with Crippen molar-refractivity contribution in [3.05, 3.63) is 27.7 Å². The first-order valence-corrected chi connectivity index (χ1v) is 6.15. The second kappa shape index (κ2) is 6.23. The lowest BCUT2D eigenvalue weighted by Gasteiger charge is -2.10. The van der Waals surface area contributed by atoms with Gasteiger partial charge < -0.3 is 11.1 Å². The minimum absolute atomic E-state index is 0.0713. The van der Waals surface area contributed by atoms with Crippen LogP contribution in [0.3, 0.4) is 0 Å². The minimum Gasteiger partial charge on any atom is -0.330 e. The van der Waals surface area contributed by atoms with Gasteiger partial charge in [0, 0.05) is 10.9 Å². The van der Waals surface area contributed by atoms with Crippen molar-refractivity contribution in [3.63, 3.8) is 0 Å². The molecule has 3 nitrogen and oxygen atoms in total. The van der Waals surface area contributed by atoms with Crippen molar-refractivity contribution in [1.29, 1.82) is 0 Å². The van der Waals surface area contributed by atoms with E-state index in [4.69, 9.17) is 17.3 Å². The number of hydrogen-bond donors (Lipinski definition) is 2. The lowest BCUT2D eigenvalue weighted by atomic mass is 10.1. The van der Waals surface area contributed by atoms with Gasteiger partial charge in [-0.05, 0) is 30.7 Å². The second-order valence-corrected chi connectivity index (χ2v) is 5.04. The summed E-state index contributed by atoms with van der Waals surface area (Å²) in [6, 6.07) is 5.32. The molecule has 0 saturated heterocycles. The Labute approximate surface area is 108 Å². The highest BCUT2D eigenvalue weighted by molar-refractivity contribution is 9.10. The summed E-state index contributed by atoms with van der Waals surface area (Å²) >= 11 is 9.27. The molecule has 0 aliphatic carbocycles. The molecule has 1 amide bonds. The number of hydrogen-bond acceptors (Lipinski definition) is 2. The van der Waals surface area contributed by atoms with Crippen LogP contribution >= 0.6 is 27.5 Å². The highest BCUT2D eigenvalue weighted by atomic mass is 79.9. The Hall–Kier alpha value is -0.580. The molecule has 0 radical (unpaired) electrons. The molecule has 1 aromatic rings. The van der Waals surface area contributed by atoms with Crippen LogP contribution in [0, 0.1) is 5.92 Å². The molecule has 1 unspecified atom stereocenters. The Balaban J connectivity index is 2.65. The molecule has 16 heavy (non-hydrogen) atoms. The standard InChI is InChI=1S/C11H14BrClN2O/c1-7(6-14)4-11(16)15-10-5-8(12)2-3-9(10)13/h2-3,5,7H,4,6,14H2,1H3,(H,15,16). The van der Waals surface area contributed by atoms with Crippen LogP contribution < -0.4 is 11.1 Å². The van der Waals surface area contributed by atoms with Gasteiger partial charge in [-0.1, -0.05) is 34.5 Å². The zero-order chi connectivity index (χ0) is 12.1. The Morgan fingerprint density at radius 3 is 2.94 bits per heavy atom. The Morgan fingerprint density at radius 2 is 2.31 bits per heavy atom. The van der Waals surface area contributed by atoms with Crippen molar-refractivity contribution in [3.8, 4) is 0 Å². The van der Waals surface area contributed by atoms with Crippen molar-refractivity contribution >= 4 is 39.1 Å². The van der Waals surface area contributed by atoms with Gasteiger partial charge in [-0.15, -0.1) is 0 Å². The highest BCUT2D eigenvalue weighted by Gasteiger charge is 2.09. The van der Waals surface area contributed by atoms with Crippen molar-refractivity contribution in [2.45, 2.75) is 13.3 Å². The number of anilines is 1. The molecule has 0 heterocycles. The molecule has 1 aromatic carbocycles. The van der Waals surface area contributed by atoms with Crippen LogP contribution in [0.15, 0.2) is 22.7 Å². The second-order valence-electron chi connectivity index (χ2n) is 3.72. The molecule has 1 rings (SSSR count).